The van der Waals surface area contributed by atoms with Crippen molar-refractivity contribution < 1.29 is 9.59 Å². The zero-order valence-electron chi connectivity index (χ0n) is 15.3. The summed E-state index contributed by atoms with van der Waals surface area (Å²) < 4.78 is 1.78. The van der Waals surface area contributed by atoms with Crippen molar-refractivity contribution in [1.29, 1.82) is 0 Å². The smallest absolute Gasteiger partial charge is 0.254 e. The van der Waals surface area contributed by atoms with Crippen LogP contribution in [0.2, 0.25) is 10.0 Å². The van der Waals surface area contributed by atoms with E-state index < -0.39 is 5.91 Å². The van der Waals surface area contributed by atoms with Gasteiger partial charge in [-0.2, -0.15) is 5.10 Å². The average molecular weight is 417 g/mol. The van der Waals surface area contributed by atoms with Gasteiger partial charge < -0.3 is 10.2 Å². The predicted octanol–water partition coefficient (Wildman–Crippen LogP) is 4.20. The first-order chi connectivity index (χ1) is 13.4. The molecule has 2 amide bonds. The largest absolute Gasteiger partial charge is 0.332 e. The van der Waals surface area contributed by atoms with Crippen molar-refractivity contribution in [3.63, 3.8) is 0 Å². The number of anilines is 1. The topological polar surface area (TPSA) is 67.2 Å². The van der Waals surface area contributed by atoms with Crippen molar-refractivity contribution in [2.45, 2.75) is 6.92 Å². The van der Waals surface area contributed by atoms with Crippen molar-refractivity contribution in [2.75, 3.05) is 18.9 Å². The molecule has 0 fully saturated rings. The number of para-hydroxylation sites is 1. The molecule has 0 aliphatic heterocycles. The molecule has 3 aromatic rings. The van der Waals surface area contributed by atoms with Crippen LogP contribution < -0.4 is 5.32 Å². The Hall–Kier alpha value is -2.83. The van der Waals surface area contributed by atoms with E-state index in [1.54, 1.807) is 48.3 Å². The highest BCUT2D eigenvalue weighted by atomic mass is 35.5. The van der Waals surface area contributed by atoms with E-state index >= 15 is 0 Å². The normalized spacial score (nSPS) is 10.6. The standard InChI is InChI=1S/C20H18Cl2N4O2/c1-13-10-11-23-26(13)15-8-6-14(7-9-15)20(28)25(2)12-18(27)24-19-16(21)4-3-5-17(19)22/h3-11H,12H2,1-2H3,(H,24,27). The number of nitrogens with one attached hydrogen (secondary N) is 1. The van der Waals surface area contributed by atoms with Gasteiger partial charge in [-0.15, -0.1) is 0 Å². The van der Waals surface area contributed by atoms with Crippen molar-refractivity contribution in [3.8, 4) is 5.69 Å². The number of carbonyl (C=O) groups is 2. The van der Waals surface area contributed by atoms with Gasteiger partial charge in [0.2, 0.25) is 5.91 Å². The van der Waals surface area contributed by atoms with E-state index in [1.807, 2.05) is 25.1 Å². The number of hydrogen-bond acceptors (Lipinski definition) is 3. The zero-order chi connectivity index (χ0) is 20.3. The fourth-order valence-corrected chi connectivity index (χ4v) is 3.18. The second-order valence-electron chi connectivity index (χ2n) is 6.24. The number of amides is 2. The summed E-state index contributed by atoms with van der Waals surface area (Å²) in [5, 5.41) is 7.54. The molecule has 0 spiro atoms. The van der Waals surface area contributed by atoms with Crippen molar-refractivity contribution >= 4 is 40.7 Å². The molecule has 0 saturated heterocycles. The Morgan fingerprint density at radius 2 is 1.71 bits per heavy atom. The Bertz CT molecular complexity index is 995. The molecule has 144 valence electrons. The molecule has 6 nitrogen and oxygen atoms in total. The number of halogens is 2. The van der Waals surface area contributed by atoms with Crippen LogP contribution in [0.15, 0.2) is 54.7 Å². The number of nitrogens with zero attached hydrogens (tertiary/aromatic N) is 3. The first-order valence-electron chi connectivity index (χ1n) is 8.47. The quantitative estimate of drug-likeness (QED) is 0.677. The van der Waals surface area contributed by atoms with Crippen LogP contribution in [0.3, 0.4) is 0 Å². The van der Waals surface area contributed by atoms with Crippen LogP contribution in [0, 0.1) is 6.92 Å². The molecule has 1 aromatic heterocycles. The fraction of sp³-hybridized carbons (Fsp3) is 0.150. The van der Waals surface area contributed by atoms with E-state index in [0.717, 1.165) is 11.4 Å². The molecule has 1 heterocycles. The highest BCUT2D eigenvalue weighted by Gasteiger charge is 2.17. The highest BCUT2D eigenvalue weighted by molar-refractivity contribution is 6.39. The summed E-state index contributed by atoms with van der Waals surface area (Å²) in [6.07, 6.45) is 1.71. The minimum atomic E-state index is -0.394. The second-order valence-corrected chi connectivity index (χ2v) is 7.05. The Morgan fingerprint density at radius 3 is 2.29 bits per heavy atom. The molecule has 0 atom stereocenters. The summed E-state index contributed by atoms with van der Waals surface area (Å²) in [4.78, 5) is 26.2. The lowest BCUT2D eigenvalue weighted by atomic mass is 10.2. The van der Waals surface area contributed by atoms with Gasteiger partial charge in [0, 0.05) is 24.5 Å². The maximum atomic E-state index is 12.6. The molecule has 0 aliphatic rings. The lowest BCUT2D eigenvalue weighted by molar-refractivity contribution is -0.116. The maximum Gasteiger partial charge on any atom is 0.254 e. The van der Waals surface area contributed by atoms with E-state index in [4.69, 9.17) is 23.2 Å². The van der Waals surface area contributed by atoms with Gasteiger partial charge >= 0.3 is 0 Å². The molecule has 3 rings (SSSR count). The maximum absolute atomic E-state index is 12.6. The minimum Gasteiger partial charge on any atom is -0.332 e. The fourth-order valence-electron chi connectivity index (χ4n) is 2.69. The number of carbonyl (C=O) groups excluding carboxylic acids is 2. The highest BCUT2D eigenvalue weighted by Crippen LogP contribution is 2.29. The number of hydrogen-bond donors (Lipinski definition) is 1. The first kappa shape index (κ1) is 19.9. The van der Waals surface area contributed by atoms with Gasteiger partial charge in [-0.25, -0.2) is 4.68 Å². The van der Waals surface area contributed by atoms with Crippen LogP contribution in [0.25, 0.3) is 5.69 Å². The molecule has 1 N–H and O–H groups in total. The number of aromatic nitrogens is 2. The van der Waals surface area contributed by atoms with E-state index in [1.165, 1.54) is 4.90 Å². The predicted molar refractivity (Wildman–Crippen MR) is 110 cm³/mol. The number of aryl methyl sites for hydroxylation is 1. The SMILES string of the molecule is Cc1ccnn1-c1ccc(C(=O)N(C)CC(=O)Nc2c(Cl)cccc2Cl)cc1. The van der Waals surface area contributed by atoms with Crippen LogP contribution in [0.4, 0.5) is 5.69 Å². The van der Waals surface area contributed by atoms with Gasteiger partial charge in [0.25, 0.3) is 5.91 Å². The van der Waals surface area contributed by atoms with Gasteiger partial charge in [0.1, 0.15) is 0 Å². The summed E-state index contributed by atoms with van der Waals surface area (Å²) in [7, 11) is 1.56. The molecule has 0 aliphatic carbocycles. The Balaban J connectivity index is 1.65. The third-order valence-electron chi connectivity index (χ3n) is 4.15. The van der Waals surface area contributed by atoms with Crippen LogP contribution in [-0.4, -0.2) is 40.1 Å². The third kappa shape index (κ3) is 4.35. The first-order valence-corrected chi connectivity index (χ1v) is 9.23. The minimum absolute atomic E-state index is 0.138. The van der Waals surface area contributed by atoms with Gasteiger partial charge in [-0.05, 0) is 49.4 Å². The summed E-state index contributed by atoms with van der Waals surface area (Å²) in [5.74, 6) is -0.668. The average Bonchev–Trinajstić information content (AvgIpc) is 3.10. The van der Waals surface area contributed by atoms with E-state index in [0.29, 0.717) is 21.3 Å². The summed E-state index contributed by atoms with van der Waals surface area (Å²) in [6.45, 7) is 1.81. The zero-order valence-corrected chi connectivity index (χ0v) is 16.8. The van der Waals surface area contributed by atoms with Crippen molar-refractivity contribution in [2.24, 2.45) is 0 Å². The van der Waals surface area contributed by atoms with E-state index in [-0.39, 0.29) is 12.5 Å². The summed E-state index contributed by atoms with van der Waals surface area (Å²) >= 11 is 12.1. The van der Waals surface area contributed by atoms with Gasteiger partial charge in [-0.3, -0.25) is 9.59 Å². The molecule has 8 heteroatoms. The number of benzene rings is 2. The molecule has 0 bridgehead atoms. The molecule has 0 radical (unpaired) electrons. The molecule has 0 saturated carbocycles. The Labute approximate surface area is 172 Å². The number of rotatable bonds is 5. The van der Waals surface area contributed by atoms with E-state index in [2.05, 4.69) is 10.4 Å². The van der Waals surface area contributed by atoms with Crippen LogP contribution in [0.1, 0.15) is 16.1 Å². The molecule has 2 aromatic carbocycles. The molecular formula is C20H18Cl2N4O2. The summed E-state index contributed by atoms with van der Waals surface area (Å²) in [6, 6.07) is 13.9. The van der Waals surface area contributed by atoms with Crippen LogP contribution >= 0.6 is 23.2 Å². The van der Waals surface area contributed by atoms with Gasteiger partial charge in [-0.1, -0.05) is 29.3 Å². The molecule has 28 heavy (non-hydrogen) atoms. The second kappa shape index (κ2) is 8.46. The van der Waals surface area contributed by atoms with Crippen molar-refractivity contribution in [3.05, 3.63) is 76.0 Å². The Morgan fingerprint density at radius 1 is 1.07 bits per heavy atom. The molecule has 0 unspecified atom stereocenters. The van der Waals surface area contributed by atoms with Gasteiger partial charge in [0.15, 0.2) is 0 Å². The Kier molecular flexibility index (Phi) is 6.02. The monoisotopic (exact) mass is 416 g/mol. The van der Waals surface area contributed by atoms with E-state index in [9.17, 15) is 9.59 Å². The third-order valence-corrected chi connectivity index (χ3v) is 4.78. The lowest BCUT2D eigenvalue weighted by Gasteiger charge is -2.18. The van der Waals surface area contributed by atoms with Crippen LogP contribution in [-0.2, 0) is 4.79 Å². The van der Waals surface area contributed by atoms with Gasteiger partial charge in [0.05, 0.1) is 28.0 Å². The lowest BCUT2D eigenvalue weighted by Crippen LogP contribution is -2.35. The molecular weight excluding hydrogens is 399 g/mol. The number of likely N-dealkylation sites (N-methyl/N-ethyl adjacent to an activating group) is 1. The summed E-state index contributed by atoms with van der Waals surface area (Å²) in [5.41, 5.74) is 2.65. The van der Waals surface area contributed by atoms with Crippen molar-refractivity contribution in [1.82, 2.24) is 14.7 Å². The van der Waals surface area contributed by atoms with Crippen LogP contribution in [0.5, 0.6) is 0 Å².